The minimum Gasteiger partial charge on any atom is -0.497 e. The van der Waals surface area contributed by atoms with Gasteiger partial charge in [0.05, 0.1) is 12.0 Å². The third-order valence-electron chi connectivity index (χ3n) is 3.41. The summed E-state index contributed by atoms with van der Waals surface area (Å²) in [6, 6.07) is 15.9. The summed E-state index contributed by atoms with van der Waals surface area (Å²) in [5, 5.41) is 0. The van der Waals surface area contributed by atoms with Crippen molar-refractivity contribution in [3.63, 3.8) is 0 Å². The summed E-state index contributed by atoms with van der Waals surface area (Å²) >= 11 is 6.34. The number of methoxy groups -OCH3 is 1. The van der Waals surface area contributed by atoms with Gasteiger partial charge in [-0.05, 0) is 35.9 Å². The Morgan fingerprint density at radius 2 is 1.92 bits per heavy atom. The Kier molecular flexibility index (Phi) is 4.78. The van der Waals surface area contributed by atoms with Crippen LogP contribution in [0.3, 0.4) is 0 Å². The first-order valence-corrected chi connectivity index (χ1v) is 8.34. The molecule has 24 heavy (non-hydrogen) atoms. The maximum Gasteiger partial charge on any atom is 0.273 e. The molecule has 1 fully saturated rings. The Morgan fingerprint density at radius 3 is 2.62 bits per heavy atom. The molecule has 0 aromatic heterocycles. The molecule has 0 bridgehead atoms. The van der Waals surface area contributed by atoms with E-state index in [0.717, 1.165) is 22.2 Å². The van der Waals surface area contributed by atoms with Gasteiger partial charge in [-0.1, -0.05) is 54.3 Å². The standard InChI is InChI=1S/C18H13NO3S2/c1-22-14-9-5-6-12(10-14)11-15-17(21)19(18(23)24-15)16(20)13-7-3-2-4-8-13/h2-11H,1H3. The van der Waals surface area contributed by atoms with Gasteiger partial charge in [-0.3, -0.25) is 9.59 Å². The molecule has 1 heterocycles. The van der Waals surface area contributed by atoms with E-state index in [9.17, 15) is 9.59 Å². The van der Waals surface area contributed by atoms with E-state index in [-0.39, 0.29) is 4.32 Å². The van der Waals surface area contributed by atoms with E-state index in [2.05, 4.69) is 0 Å². The normalized spacial score (nSPS) is 15.9. The highest BCUT2D eigenvalue weighted by Crippen LogP contribution is 2.33. The molecule has 1 saturated heterocycles. The number of carbonyl (C=O) groups is 2. The number of nitrogens with zero attached hydrogens (tertiary/aromatic N) is 1. The average Bonchev–Trinajstić information content (AvgIpc) is 2.89. The minimum absolute atomic E-state index is 0.239. The predicted octanol–water partition coefficient (Wildman–Crippen LogP) is 3.74. The second-order valence-corrected chi connectivity index (χ2v) is 6.64. The Balaban J connectivity index is 1.89. The molecule has 2 amide bonds. The fraction of sp³-hybridized carbons (Fsp3) is 0.0556. The third kappa shape index (κ3) is 3.25. The van der Waals surface area contributed by atoms with Gasteiger partial charge in [0, 0.05) is 5.56 Å². The van der Waals surface area contributed by atoms with Crippen molar-refractivity contribution in [2.24, 2.45) is 0 Å². The van der Waals surface area contributed by atoms with Crippen LogP contribution in [0.25, 0.3) is 6.08 Å². The van der Waals surface area contributed by atoms with Crippen LogP contribution in [0.5, 0.6) is 5.75 Å². The summed E-state index contributed by atoms with van der Waals surface area (Å²) in [6.07, 6.45) is 1.71. The van der Waals surface area contributed by atoms with Crippen molar-refractivity contribution >= 4 is 46.2 Å². The topological polar surface area (TPSA) is 46.6 Å². The maximum atomic E-state index is 12.6. The zero-order valence-electron chi connectivity index (χ0n) is 12.8. The molecule has 6 heteroatoms. The van der Waals surface area contributed by atoms with Gasteiger partial charge in [0.15, 0.2) is 4.32 Å². The molecule has 0 spiro atoms. The number of ether oxygens (including phenoxy) is 1. The van der Waals surface area contributed by atoms with E-state index in [1.54, 1.807) is 37.5 Å². The molecule has 1 aliphatic rings. The summed E-state index contributed by atoms with van der Waals surface area (Å²) < 4.78 is 5.41. The molecule has 0 radical (unpaired) electrons. The predicted molar refractivity (Wildman–Crippen MR) is 98.8 cm³/mol. The van der Waals surface area contributed by atoms with E-state index < -0.39 is 11.8 Å². The number of hydrogen-bond donors (Lipinski definition) is 0. The van der Waals surface area contributed by atoms with Crippen molar-refractivity contribution in [1.29, 1.82) is 0 Å². The molecule has 0 unspecified atom stereocenters. The lowest BCUT2D eigenvalue weighted by Crippen LogP contribution is -2.34. The van der Waals surface area contributed by atoms with E-state index in [0.29, 0.717) is 16.2 Å². The first-order valence-electron chi connectivity index (χ1n) is 7.11. The highest BCUT2D eigenvalue weighted by atomic mass is 32.2. The maximum absolute atomic E-state index is 12.6. The molecule has 1 aliphatic heterocycles. The number of imide groups is 1. The van der Waals surface area contributed by atoms with Gasteiger partial charge in [0.1, 0.15) is 5.75 Å². The van der Waals surface area contributed by atoms with Gasteiger partial charge >= 0.3 is 0 Å². The van der Waals surface area contributed by atoms with Crippen molar-refractivity contribution in [1.82, 2.24) is 4.90 Å². The zero-order chi connectivity index (χ0) is 17.1. The fourth-order valence-electron chi connectivity index (χ4n) is 2.24. The van der Waals surface area contributed by atoms with Crippen LogP contribution in [0, 0.1) is 0 Å². The summed E-state index contributed by atoms with van der Waals surface area (Å²) in [5.41, 5.74) is 1.23. The quantitative estimate of drug-likeness (QED) is 0.477. The Labute approximate surface area is 149 Å². The highest BCUT2D eigenvalue weighted by Gasteiger charge is 2.37. The number of amides is 2. The lowest BCUT2D eigenvalue weighted by Gasteiger charge is -2.12. The fourth-order valence-corrected chi connectivity index (χ4v) is 3.49. The SMILES string of the molecule is COc1cccc(C=C2SC(=S)N(C(=O)c3ccccc3)C2=O)c1. The van der Waals surface area contributed by atoms with Gasteiger partial charge in [-0.25, -0.2) is 4.90 Å². The molecule has 0 saturated carbocycles. The zero-order valence-corrected chi connectivity index (χ0v) is 14.4. The van der Waals surface area contributed by atoms with E-state index in [4.69, 9.17) is 17.0 Å². The molecule has 3 rings (SSSR count). The number of carbonyl (C=O) groups excluding carboxylic acids is 2. The Bertz CT molecular complexity index is 846. The second-order valence-electron chi connectivity index (χ2n) is 4.96. The average molecular weight is 355 g/mol. The van der Waals surface area contributed by atoms with Gasteiger partial charge < -0.3 is 4.74 Å². The number of thiocarbonyl (C=S) groups is 1. The van der Waals surface area contributed by atoms with Crippen molar-refractivity contribution in [2.75, 3.05) is 7.11 Å². The summed E-state index contributed by atoms with van der Waals surface area (Å²) in [4.78, 5) is 26.6. The Morgan fingerprint density at radius 1 is 1.17 bits per heavy atom. The number of benzene rings is 2. The van der Waals surface area contributed by atoms with Crippen LogP contribution < -0.4 is 4.74 Å². The monoisotopic (exact) mass is 355 g/mol. The molecule has 120 valence electrons. The van der Waals surface area contributed by atoms with Crippen LogP contribution in [0.1, 0.15) is 15.9 Å². The van der Waals surface area contributed by atoms with E-state index in [1.165, 1.54) is 0 Å². The molecule has 2 aromatic carbocycles. The number of thioether (sulfide) groups is 1. The van der Waals surface area contributed by atoms with Crippen LogP contribution >= 0.6 is 24.0 Å². The van der Waals surface area contributed by atoms with Crippen LogP contribution in [0.15, 0.2) is 59.5 Å². The smallest absolute Gasteiger partial charge is 0.273 e. The molecule has 0 atom stereocenters. The van der Waals surface area contributed by atoms with Crippen LogP contribution in [-0.4, -0.2) is 28.1 Å². The van der Waals surface area contributed by atoms with Crippen molar-refractivity contribution in [3.05, 3.63) is 70.6 Å². The number of hydrogen-bond acceptors (Lipinski definition) is 5. The molecular formula is C18H13NO3S2. The first kappa shape index (κ1) is 16.4. The van der Waals surface area contributed by atoms with Crippen molar-refractivity contribution in [2.45, 2.75) is 0 Å². The molecule has 0 aliphatic carbocycles. The van der Waals surface area contributed by atoms with Gasteiger partial charge in [-0.15, -0.1) is 0 Å². The van der Waals surface area contributed by atoms with Crippen LogP contribution in [0.2, 0.25) is 0 Å². The second kappa shape index (κ2) is 6.98. The lowest BCUT2D eigenvalue weighted by atomic mass is 10.2. The molecule has 0 N–H and O–H groups in total. The number of rotatable bonds is 3. The minimum atomic E-state index is -0.410. The van der Waals surface area contributed by atoms with Crippen LogP contribution in [0.4, 0.5) is 0 Å². The molecule has 4 nitrogen and oxygen atoms in total. The summed E-state index contributed by atoms with van der Waals surface area (Å²) in [6.45, 7) is 0. The molecule has 2 aromatic rings. The van der Waals surface area contributed by atoms with Gasteiger partial charge in [0.25, 0.3) is 11.8 Å². The summed E-state index contributed by atoms with van der Waals surface area (Å²) in [5.74, 6) is -0.117. The van der Waals surface area contributed by atoms with E-state index >= 15 is 0 Å². The first-order chi connectivity index (χ1) is 11.6. The highest BCUT2D eigenvalue weighted by molar-refractivity contribution is 8.26. The van der Waals surface area contributed by atoms with Crippen molar-refractivity contribution in [3.8, 4) is 5.75 Å². The lowest BCUT2D eigenvalue weighted by molar-refractivity contribution is -0.120. The molecular weight excluding hydrogens is 342 g/mol. The van der Waals surface area contributed by atoms with E-state index in [1.807, 2.05) is 30.3 Å². The van der Waals surface area contributed by atoms with Crippen molar-refractivity contribution < 1.29 is 14.3 Å². The van der Waals surface area contributed by atoms with Gasteiger partial charge in [-0.2, -0.15) is 0 Å². The third-order valence-corrected chi connectivity index (χ3v) is 4.71. The van der Waals surface area contributed by atoms with Gasteiger partial charge in [0.2, 0.25) is 0 Å². The largest absolute Gasteiger partial charge is 0.497 e. The Hall–Kier alpha value is -2.44. The summed E-state index contributed by atoms with van der Waals surface area (Å²) in [7, 11) is 1.58. The van der Waals surface area contributed by atoms with Crippen LogP contribution in [-0.2, 0) is 4.79 Å².